The molecule has 4 aliphatic heterocycles. The molecule has 0 amide bonds. The second kappa shape index (κ2) is 11.3. The Morgan fingerprint density at radius 2 is 2.00 bits per heavy atom. The summed E-state index contributed by atoms with van der Waals surface area (Å²) in [4.78, 5) is 27.1. The Labute approximate surface area is 283 Å². The summed E-state index contributed by atoms with van der Waals surface area (Å²) in [5.74, 6) is -0.139. The second-order valence-corrected chi connectivity index (χ2v) is 13.8. The van der Waals surface area contributed by atoms with Gasteiger partial charge in [-0.15, -0.1) is 0 Å². The molecule has 5 heterocycles. The normalized spacial score (nSPS) is 27.2. The SMILES string of the molecule is CC=C(C)C(=O)OC1Cc2c3c(c4oc(CO)cc(=O)c4c2O)CC2=CCNC(N)=C2C2=CCC4=C2C(CC2=CNC(N)C=C2C4)C1(C)O3. The number of phenols is 1. The highest BCUT2D eigenvalue weighted by Crippen LogP contribution is 2.57. The minimum atomic E-state index is -1.17. The van der Waals surface area contributed by atoms with Crippen LogP contribution in [0, 0.1) is 5.92 Å². The molecule has 2 bridgehead atoms. The standard InChI is InChI=1S/C38H40N4O7/c1-4-17(2)37(46)48-28-14-24-33(45)32-27(44)13-22(16-43)47-35(32)25-10-19-7-8-41-36(40)31(19)23-6-5-18-9-20-12-29(39)42-15-21(20)11-26(30(18)23)38(28,3)49-34(24)25/h4,6-7,12-13,15,26,28-29,41-43,45H,5,8-11,14,16,39-40H2,1-3H3. The molecular weight excluding hydrogens is 624 g/mol. The first-order valence-electron chi connectivity index (χ1n) is 16.8. The van der Waals surface area contributed by atoms with Crippen LogP contribution >= 0.6 is 0 Å². The number of nitrogens with two attached hydrogens (primary N) is 2. The minimum Gasteiger partial charge on any atom is -0.507 e. The second-order valence-electron chi connectivity index (χ2n) is 13.8. The number of nitrogens with one attached hydrogen (secondary N) is 2. The lowest BCUT2D eigenvalue weighted by atomic mass is 9.69. The Morgan fingerprint density at radius 3 is 2.78 bits per heavy atom. The lowest BCUT2D eigenvalue weighted by molar-refractivity contribution is -0.162. The molecule has 0 fully saturated rings. The molecule has 4 unspecified atom stereocenters. The highest BCUT2D eigenvalue weighted by atomic mass is 16.6. The zero-order valence-electron chi connectivity index (χ0n) is 27.7. The molecule has 0 saturated heterocycles. The molecule has 6 aliphatic rings. The summed E-state index contributed by atoms with van der Waals surface area (Å²) in [7, 11) is 0. The molecule has 0 radical (unpaired) electrons. The van der Waals surface area contributed by atoms with Crippen molar-refractivity contribution in [1.82, 2.24) is 10.6 Å². The summed E-state index contributed by atoms with van der Waals surface area (Å²) < 4.78 is 19.8. The summed E-state index contributed by atoms with van der Waals surface area (Å²) in [6, 6.07) is 1.19. The smallest absolute Gasteiger partial charge is 0.333 e. The molecule has 2 aromatic rings. The van der Waals surface area contributed by atoms with Crippen molar-refractivity contribution in [3.63, 3.8) is 0 Å². The number of fused-ring (bicyclic) bond motifs is 7. The lowest BCUT2D eigenvalue weighted by Gasteiger charge is -2.48. The molecule has 8 N–H and O–H groups in total. The van der Waals surface area contributed by atoms with E-state index in [4.69, 9.17) is 25.4 Å². The number of esters is 1. The van der Waals surface area contributed by atoms with E-state index in [9.17, 15) is 19.8 Å². The van der Waals surface area contributed by atoms with E-state index in [2.05, 4.69) is 28.9 Å². The fraction of sp³-hybridized carbons (Fsp3) is 0.368. The number of aliphatic hydroxyl groups is 1. The fourth-order valence-corrected chi connectivity index (χ4v) is 8.40. The van der Waals surface area contributed by atoms with E-state index in [0.29, 0.717) is 54.1 Å². The van der Waals surface area contributed by atoms with Crippen LogP contribution in [0.25, 0.3) is 11.0 Å². The molecule has 11 nitrogen and oxygen atoms in total. The van der Waals surface area contributed by atoms with Gasteiger partial charge in [0.2, 0.25) is 0 Å². The maximum atomic E-state index is 13.5. The molecule has 0 spiro atoms. The zero-order chi connectivity index (χ0) is 34.4. The lowest BCUT2D eigenvalue weighted by Crippen LogP contribution is -2.57. The predicted molar refractivity (Wildman–Crippen MR) is 183 cm³/mol. The third kappa shape index (κ3) is 4.70. The summed E-state index contributed by atoms with van der Waals surface area (Å²) in [5, 5.41) is 28.4. The van der Waals surface area contributed by atoms with Crippen molar-refractivity contribution in [2.24, 2.45) is 17.4 Å². The van der Waals surface area contributed by atoms with E-state index < -0.39 is 29.7 Å². The number of carbonyl (C=O) groups excluding carboxylic acids is 1. The molecule has 11 heteroatoms. The van der Waals surface area contributed by atoms with Crippen LogP contribution < -0.4 is 32.3 Å². The molecule has 1 aromatic carbocycles. The van der Waals surface area contributed by atoms with Gasteiger partial charge in [-0.05, 0) is 74.0 Å². The number of carbonyl (C=O) groups is 1. The first kappa shape index (κ1) is 31.3. The van der Waals surface area contributed by atoms with E-state index in [-0.39, 0.29) is 47.4 Å². The van der Waals surface area contributed by atoms with Crippen molar-refractivity contribution in [2.45, 2.75) is 77.4 Å². The number of hydrogen-bond donors (Lipinski definition) is 6. The maximum absolute atomic E-state index is 13.5. The van der Waals surface area contributed by atoms with Gasteiger partial charge in [-0.1, -0.05) is 23.8 Å². The van der Waals surface area contributed by atoms with Crippen molar-refractivity contribution in [2.75, 3.05) is 6.54 Å². The van der Waals surface area contributed by atoms with Crippen LogP contribution in [0.1, 0.15) is 56.9 Å². The molecule has 8 rings (SSSR count). The summed E-state index contributed by atoms with van der Waals surface area (Å²) in [6.07, 6.45) is 11.2. The number of rotatable bonds is 3. The van der Waals surface area contributed by atoms with E-state index in [0.717, 1.165) is 33.4 Å². The monoisotopic (exact) mass is 664 g/mol. The Hall–Kier alpha value is -5.00. The summed E-state index contributed by atoms with van der Waals surface area (Å²) in [6.45, 7) is 5.45. The van der Waals surface area contributed by atoms with Crippen LogP contribution in [-0.2, 0) is 29.0 Å². The molecule has 2 aliphatic carbocycles. The van der Waals surface area contributed by atoms with Gasteiger partial charge < -0.3 is 46.2 Å². The average Bonchev–Trinajstić information content (AvgIpc) is 3.39. The largest absolute Gasteiger partial charge is 0.507 e. The van der Waals surface area contributed by atoms with Crippen LogP contribution in [0.2, 0.25) is 0 Å². The molecule has 254 valence electrons. The van der Waals surface area contributed by atoms with Crippen LogP contribution in [0.3, 0.4) is 0 Å². The van der Waals surface area contributed by atoms with E-state index in [1.54, 1.807) is 19.9 Å². The maximum Gasteiger partial charge on any atom is 0.333 e. The number of phenolic OH excluding ortho intramolecular Hbond substituents is 1. The van der Waals surface area contributed by atoms with Crippen LogP contribution in [-0.4, -0.2) is 40.6 Å². The van der Waals surface area contributed by atoms with Gasteiger partial charge >= 0.3 is 5.97 Å². The number of ether oxygens (including phenoxy) is 2. The van der Waals surface area contributed by atoms with E-state index >= 15 is 0 Å². The van der Waals surface area contributed by atoms with Gasteiger partial charge in [0, 0.05) is 59.8 Å². The average molecular weight is 665 g/mol. The van der Waals surface area contributed by atoms with Gasteiger partial charge in [0.15, 0.2) is 11.0 Å². The Morgan fingerprint density at radius 1 is 1.18 bits per heavy atom. The van der Waals surface area contributed by atoms with Crippen molar-refractivity contribution < 1.29 is 28.9 Å². The van der Waals surface area contributed by atoms with Crippen molar-refractivity contribution in [3.8, 4) is 11.5 Å². The van der Waals surface area contributed by atoms with Crippen LogP contribution in [0.15, 0.2) is 96.2 Å². The first-order valence-corrected chi connectivity index (χ1v) is 16.8. The third-order valence-electron chi connectivity index (χ3n) is 11.1. The number of dihydropyridines is 2. The van der Waals surface area contributed by atoms with Crippen molar-refractivity contribution in [1.29, 1.82) is 0 Å². The highest BCUT2D eigenvalue weighted by Gasteiger charge is 2.55. The number of aliphatic hydroxyl groups excluding tert-OH is 1. The zero-order valence-corrected chi connectivity index (χ0v) is 27.7. The van der Waals surface area contributed by atoms with Gasteiger partial charge in [0.25, 0.3) is 0 Å². The Bertz CT molecular complexity index is 2150. The Kier molecular flexibility index (Phi) is 7.20. The first-order chi connectivity index (χ1) is 23.5. The topological polar surface area (TPSA) is 182 Å². The number of allylic oxidation sites excluding steroid dienone is 8. The van der Waals surface area contributed by atoms with Gasteiger partial charge in [0.05, 0.1) is 6.17 Å². The van der Waals surface area contributed by atoms with Crippen LogP contribution in [0.5, 0.6) is 11.5 Å². The molecule has 49 heavy (non-hydrogen) atoms. The van der Waals surface area contributed by atoms with Gasteiger partial charge in [-0.25, -0.2) is 4.79 Å². The molecule has 4 atom stereocenters. The predicted octanol–water partition coefficient (Wildman–Crippen LogP) is 3.55. The molecule has 1 aromatic heterocycles. The highest BCUT2D eigenvalue weighted by molar-refractivity contribution is 5.92. The van der Waals surface area contributed by atoms with Crippen molar-refractivity contribution >= 4 is 16.9 Å². The summed E-state index contributed by atoms with van der Waals surface area (Å²) in [5.41, 5.74) is 20.3. The van der Waals surface area contributed by atoms with E-state index in [1.165, 1.54) is 11.6 Å². The van der Waals surface area contributed by atoms with E-state index in [1.807, 2.05) is 13.1 Å². The summed E-state index contributed by atoms with van der Waals surface area (Å²) >= 11 is 0. The van der Waals surface area contributed by atoms with Gasteiger partial charge in [-0.3, -0.25) is 4.79 Å². The number of hydrogen-bond acceptors (Lipinski definition) is 11. The van der Waals surface area contributed by atoms with Gasteiger partial charge in [0.1, 0.15) is 46.8 Å². The fourth-order valence-electron chi connectivity index (χ4n) is 8.40. The molecule has 0 saturated carbocycles. The van der Waals surface area contributed by atoms with Crippen molar-refractivity contribution in [3.05, 3.63) is 114 Å². The number of benzene rings is 1. The van der Waals surface area contributed by atoms with Crippen LogP contribution in [0.4, 0.5) is 0 Å². The Balaban J connectivity index is 1.46. The quantitative estimate of drug-likeness (QED) is 0.209. The minimum absolute atomic E-state index is 0.0140. The molecular formula is C38H40N4O7. The number of aromatic hydroxyl groups is 1. The van der Waals surface area contributed by atoms with Gasteiger partial charge in [-0.2, -0.15) is 0 Å². The third-order valence-corrected chi connectivity index (χ3v) is 11.1.